The van der Waals surface area contributed by atoms with Gasteiger partial charge in [-0.05, 0) is 25.7 Å². The maximum Gasteiger partial charge on any atom is 0.332 e. The molecule has 1 saturated carbocycles. The minimum absolute atomic E-state index is 0.0125. The van der Waals surface area contributed by atoms with Gasteiger partial charge in [0.15, 0.2) is 15.9 Å². The summed E-state index contributed by atoms with van der Waals surface area (Å²) in [7, 11) is -3.13. The maximum absolute atomic E-state index is 12.2. The van der Waals surface area contributed by atoms with E-state index in [1.807, 2.05) is 0 Å². The van der Waals surface area contributed by atoms with Gasteiger partial charge >= 0.3 is 5.97 Å². The average molecular weight is 276 g/mol. The summed E-state index contributed by atoms with van der Waals surface area (Å²) in [6.45, 7) is 0. The van der Waals surface area contributed by atoms with Crippen LogP contribution in [0.5, 0.6) is 0 Å². The van der Waals surface area contributed by atoms with Crippen molar-refractivity contribution in [2.75, 3.05) is 5.75 Å². The Hall–Kier alpha value is -0.620. The summed E-state index contributed by atoms with van der Waals surface area (Å²) in [4.78, 5) is 10.7. The lowest BCUT2D eigenvalue weighted by Gasteiger charge is -2.23. The van der Waals surface area contributed by atoms with Crippen LogP contribution >= 0.6 is 0 Å². The predicted molar refractivity (Wildman–Crippen MR) is 66.2 cm³/mol. The van der Waals surface area contributed by atoms with E-state index in [9.17, 15) is 13.2 Å². The molecule has 2 rings (SSSR count). The number of hydrogen-bond acceptors (Lipinski definition) is 4. The highest BCUT2D eigenvalue weighted by molar-refractivity contribution is 7.92. The summed E-state index contributed by atoms with van der Waals surface area (Å²) in [6, 6.07) is 0. The molecule has 6 heteroatoms. The lowest BCUT2D eigenvalue weighted by molar-refractivity contribution is -0.148. The van der Waals surface area contributed by atoms with Crippen molar-refractivity contribution in [2.24, 2.45) is 0 Å². The van der Waals surface area contributed by atoms with Crippen LogP contribution in [0.4, 0.5) is 0 Å². The summed E-state index contributed by atoms with van der Waals surface area (Å²) in [6.07, 6.45) is 4.26. The molecule has 0 amide bonds. The molecule has 2 aliphatic rings. The molecule has 0 aromatic heterocycles. The molecule has 18 heavy (non-hydrogen) atoms. The molecule has 1 heterocycles. The quantitative estimate of drug-likeness (QED) is 0.838. The van der Waals surface area contributed by atoms with Gasteiger partial charge in [-0.2, -0.15) is 0 Å². The normalized spacial score (nSPS) is 30.4. The smallest absolute Gasteiger partial charge is 0.332 e. The Bertz CT molecular complexity index is 397. The van der Waals surface area contributed by atoms with E-state index >= 15 is 0 Å². The van der Waals surface area contributed by atoms with Crippen LogP contribution in [0, 0.1) is 0 Å². The van der Waals surface area contributed by atoms with E-state index < -0.39 is 28.0 Å². The number of carboxylic acids is 1. The zero-order chi connectivity index (χ0) is 13.2. The van der Waals surface area contributed by atoms with E-state index in [1.165, 1.54) is 0 Å². The van der Waals surface area contributed by atoms with Crippen molar-refractivity contribution < 1.29 is 23.1 Å². The summed E-state index contributed by atoms with van der Waals surface area (Å²) < 4.78 is 29.7. The SMILES string of the molecule is O=C(O)C1CCC(CS(=O)(=O)C2CCCCC2)O1. The first-order chi connectivity index (χ1) is 8.49. The number of carboxylic acid groups (broad SMARTS) is 1. The molecule has 1 aliphatic carbocycles. The monoisotopic (exact) mass is 276 g/mol. The van der Waals surface area contributed by atoms with Gasteiger partial charge in [-0.3, -0.25) is 0 Å². The number of aliphatic carboxylic acids is 1. The fourth-order valence-electron chi connectivity index (χ4n) is 2.83. The van der Waals surface area contributed by atoms with Crippen LogP contribution in [-0.2, 0) is 19.4 Å². The van der Waals surface area contributed by atoms with Crippen molar-refractivity contribution in [2.45, 2.75) is 62.4 Å². The van der Waals surface area contributed by atoms with Gasteiger partial charge in [0.05, 0.1) is 17.1 Å². The molecule has 0 radical (unpaired) electrons. The largest absolute Gasteiger partial charge is 0.479 e. The molecule has 5 nitrogen and oxygen atoms in total. The Morgan fingerprint density at radius 3 is 2.33 bits per heavy atom. The zero-order valence-corrected chi connectivity index (χ0v) is 11.2. The van der Waals surface area contributed by atoms with Crippen LogP contribution < -0.4 is 0 Å². The lowest BCUT2D eigenvalue weighted by Crippen LogP contribution is -2.32. The Balaban J connectivity index is 1.90. The Kier molecular flexibility index (Phi) is 4.27. The fourth-order valence-corrected chi connectivity index (χ4v) is 4.92. The molecule has 0 spiro atoms. The highest BCUT2D eigenvalue weighted by Crippen LogP contribution is 2.27. The second-order valence-corrected chi connectivity index (χ2v) is 7.58. The third kappa shape index (κ3) is 3.23. The van der Waals surface area contributed by atoms with Crippen LogP contribution in [-0.4, -0.2) is 42.7 Å². The lowest BCUT2D eigenvalue weighted by atomic mass is 10.0. The Morgan fingerprint density at radius 2 is 1.78 bits per heavy atom. The molecule has 2 fully saturated rings. The van der Waals surface area contributed by atoms with Crippen molar-refractivity contribution in [3.05, 3.63) is 0 Å². The summed E-state index contributed by atoms with van der Waals surface area (Å²) >= 11 is 0. The summed E-state index contributed by atoms with van der Waals surface area (Å²) in [5.74, 6) is -1.01. The predicted octanol–water partition coefficient (Wildman–Crippen LogP) is 1.37. The van der Waals surface area contributed by atoms with Gasteiger partial charge < -0.3 is 9.84 Å². The highest BCUT2D eigenvalue weighted by atomic mass is 32.2. The van der Waals surface area contributed by atoms with E-state index in [0.29, 0.717) is 12.8 Å². The molecule has 1 N–H and O–H groups in total. The first kappa shape index (κ1) is 13.8. The molecule has 1 saturated heterocycles. The molecule has 0 aromatic rings. The van der Waals surface area contributed by atoms with Crippen molar-refractivity contribution >= 4 is 15.8 Å². The number of carbonyl (C=O) groups is 1. The minimum Gasteiger partial charge on any atom is -0.479 e. The van der Waals surface area contributed by atoms with Gasteiger partial charge in [-0.15, -0.1) is 0 Å². The summed E-state index contributed by atoms with van der Waals surface area (Å²) in [5.41, 5.74) is 0. The van der Waals surface area contributed by atoms with Gasteiger partial charge in [-0.25, -0.2) is 13.2 Å². The van der Waals surface area contributed by atoms with Gasteiger partial charge in [-0.1, -0.05) is 19.3 Å². The minimum atomic E-state index is -3.13. The van der Waals surface area contributed by atoms with Gasteiger partial charge in [0, 0.05) is 0 Å². The molecule has 2 atom stereocenters. The standard InChI is InChI=1S/C12H20O5S/c13-12(14)11-7-6-9(17-11)8-18(15,16)10-4-2-1-3-5-10/h9-11H,1-8H2,(H,13,14). The molecule has 2 unspecified atom stereocenters. The second-order valence-electron chi connectivity index (χ2n) is 5.25. The Labute approximate surface area is 107 Å². The van der Waals surface area contributed by atoms with Gasteiger partial charge in [0.2, 0.25) is 0 Å². The van der Waals surface area contributed by atoms with E-state index in [4.69, 9.17) is 9.84 Å². The van der Waals surface area contributed by atoms with E-state index in [1.54, 1.807) is 0 Å². The van der Waals surface area contributed by atoms with Crippen LogP contribution in [0.2, 0.25) is 0 Å². The number of sulfone groups is 1. The van der Waals surface area contributed by atoms with Crippen LogP contribution in [0.25, 0.3) is 0 Å². The average Bonchev–Trinajstić information content (AvgIpc) is 2.78. The molecular weight excluding hydrogens is 256 g/mol. The number of ether oxygens (including phenoxy) is 1. The fraction of sp³-hybridized carbons (Fsp3) is 0.917. The topological polar surface area (TPSA) is 80.7 Å². The van der Waals surface area contributed by atoms with Crippen LogP contribution in [0.3, 0.4) is 0 Å². The third-order valence-corrected chi connectivity index (χ3v) is 6.18. The zero-order valence-electron chi connectivity index (χ0n) is 10.4. The summed E-state index contributed by atoms with van der Waals surface area (Å²) in [5, 5.41) is 8.57. The molecular formula is C12H20O5S. The van der Waals surface area contributed by atoms with Gasteiger partial charge in [0.1, 0.15) is 0 Å². The Morgan fingerprint density at radius 1 is 1.11 bits per heavy atom. The van der Waals surface area contributed by atoms with Crippen molar-refractivity contribution in [1.29, 1.82) is 0 Å². The first-order valence-corrected chi connectivity index (χ1v) is 8.30. The molecule has 104 valence electrons. The number of hydrogen-bond donors (Lipinski definition) is 1. The van der Waals surface area contributed by atoms with Gasteiger partial charge in [0.25, 0.3) is 0 Å². The third-order valence-electron chi connectivity index (χ3n) is 3.86. The van der Waals surface area contributed by atoms with E-state index in [0.717, 1.165) is 32.1 Å². The van der Waals surface area contributed by atoms with Crippen LogP contribution in [0.15, 0.2) is 0 Å². The highest BCUT2D eigenvalue weighted by Gasteiger charge is 2.36. The van der Waals surface area contributed by atoms with Crippen molar-refractivity contribution in [1.82, 2.24) is 0 Å². The molecule has 1 aliphatic heterocycles. The van der Waals surface area contributed by atoms with Crippen molar-refractivity contribution in [3.8, 4) is 0 Å². The van der Waals surface area contributed by atoms with E-state index in [2.05, 4.69) is 0 Å². The number of rotatable bonds is 4. The first-order valence-electron chi connectivity index (χ1n) is 6.59. The molecule has 0 bridgehead atoms. The maximum atomic E-state index is 12.2. The van der Waals surface area contributed by atoms with Crippen LogP contribution in [0.1, 0.15) is 44.9 Å². The van der Waals surface area contributed by atoms with E-state index in [-0.39, 0.29) is 11.0 Å². The second kappa shape index (κ2) is 5.57. The van der Waals surface area contributed by atoms with Crippen molar-refractivity contribution in [3.63, 3.8) is 0 Å². The molecule has 0 aromatic carbocycles.